The molecule has 84 valence electrons. The molecule has 0 saturated heterocycles. The minimum Gasteiger partial charge on any atom is -0.426 e. The lowest BCUT2D eigenvalue weighted by Crippen LogP contribution is -2.60. The molecule has 15 heavy (non-hydrogen) atoms. The van der Waals surface area contributed by atoms with Gasteiger partial charge in [0, 0.05) is 17.7 Å². The quantitative estimate of drug-likeness (QED) is 0.420. The molecular formula is C7H7ClO6S. The van der Waals surface area contributed by atoms with Gasteiger partial charge in [0.15, 0.2) is 0 Å². The summed E-state index contributed by atoms with van der Waals surface area (Å²) in [5.41, 5.74) is 0. The Bertz CT molecular complexity index is 353. The normalized spacial score (nSPS) is 20.5. The van der Waals surface area contributed by atoms with Crippen LogP contribution in [0.5, 0.6) is 0 Å². The molecule has 1 unspecified atom stereocenters. The van der Waals surface area contributed by atoms with E-state index in [2.05, 4.69) is 8.47 Å². The first-order valence-corrected chi connectivity index (χ1v) is 6.12. The summed E-state index contributed by atoms with van der Waals surface area (Å²) in [5, 5.41) is 2.58. The topological polar surface area (TPSA) is 105 Å². The lowest BCUT2D eigenvalue weighted by molar-refractivity contribution is -1.91. The van der Waals surface area contributed by atoms with Gasteiger partial charge in [0.25, 0.3) is 0 Å². The molecule has 1 heterocycles. The maximum Gasteiger partial charge on any atom is 0.308 e. The van der Waals surface area contributed by atoms with E-state index >= 15 is 0 Å². The summed E-state index contributed by atoms with van der Waals surface area (Å²) in [6.45, 7) is 1.20. The molecule has 0 amide bonds. The summed E-state index contributed by atoms with van der Waals surface area (Å²) in [5.74, 6) is -0.397. The highest BCUT2D eigenvalue weighted by atomic mass is 35.7. The molecule has 1 rings (SSSR count). The number of rotatable bonds is 3. The van der Waals surface area contributed by atoms with E-state index in [1.807, 2.05) is 0 Å². The smallest absolute Gasteiger partial charge is 0.308 e. The molecule has 0 bridgehead atoms. The van der Waals surface area contributed by atoms with Crippen LogP contribution in [0.4, 0.5) is 0 Å². The Morgan fingerprint density at radius 2 is 2.13 bits per heavy atom. The Labute approximate surface area is 90.3 Å². The number of carbonyl (C=O) groups excluding carboxylic acids is 1. The molecule has 0 aromatic carbocycles. The van der Waals surface area contributed by atoms with Crippen molar-refractivity contribution in [1.29, 1.82) is 0 Å². The second kappa shape index (κ2) is 4.88. The van der Waals surface area contributed by atoms with E-state index in [4.69, 9.17) is 0 Å². The number of ether oxygens (including phenoxy) is 1. The minimum absolute atomic E-state index is 0.146. The maximum atomic E-state index is 10.6. The van der Waals surface area contributed by atoms with Gasteiger partial charge < -0.3 is 4.74 Å². The molecule has 0 radical (unpaired) electrons. The summed E-state index contributed by atoms with van der Waals surface area (Å²) in [6.07, 6.45) is 2.88. The van der Waals surface area contributed by atoms with Crippen molar-refractivity contribution < 1.29 is 37.5 Å². The van der Waals surface area contributed by atoms with Crippen LogP contribution in [-0.4, -0.2) is 11.3 Å². The minimum atomic E-state index is -4.49. The highest BCUT2D eigenvalue weighted by molar-refractivity contribution is 8.13. The summed E-state index contributed by atoms with van der Waals surface area (Å²) in [4.78, 5) is 10.6. The van der Waals surface area contributed by atoms with E-state index in [1.54, 1.807) is 0 Å². The molecule has 1 aliphatic rings. The molecule has 0 aromatic heterocycles. The van der Waals surface area contributed by atoms with Crippen molar-refractivity contribution in [3.63, 3.8) is 0 Å². The van der Waals surface area contributed by atoms with Crippen molar-refractivity contribution in [3.8, 4) is 0 Å². The van der Waals surface area contributed by atoms with Gasteiger partial charge in [-0.2, -0.15) is 14.0 Å². The van der Waals surface area contributed by atoms with Crippen molar-refractivity contribution in [2.75, 3.05) is 0 Å². The van der Waals surface area contributed by atoms with Crippen molar-refractivity contribution in [3.05, 3.63) is 23.3 Å². The van der Waals surface area contributed by atoms with E-state index in [0.29, 0.717) is 0 Å². The summed E-state index contributed by atoms with van der Waals surface area (Å²) < 4.78 is 39.6. The number of hydrogen-bond acceptors (Lipinski definition) is 6. The predicted octanol–water partition coefficient (Wildman–Crippen LogP) is -2.14. The van der Waals surface area contributed by atoms with Crippen LogP contribution >= 0.6 is 10.8 Å². The van der Waals surface area contributed by atoms with Gasteiger partial charge in [0.05, 0.1) is 10.2 Å². The van der Waals surface area contributed by atoms with Gasteiger partial charge in [-0.15, -0.1) is 0 Å². The van der Waals surface area contributed by atoms with Crippen molar-refractivity contribution in [2.24, 2.45) is 0 Å². The largest absolute Gasteiger partial charge is 0.426 e. The Morgan fingerprint density at radius 3 is 2.67 bits per heavy atom. The van der Waals surface area contributed by atoms with Gasteiger partial charge >= 0.3 is 5.97 Å². The van der Waals surface area contributed by atoms with Gasteiger partial charge in [-0.25, -0.2) is 0 Å². The van der Waals surface area contributed by atoms with Crippen LogP contribution in [0.3, 0.4) is 0 Å². The molecule has 6 nitrogen and oxygen atoms in total. The first kappa shape index (κ1) is 12.4. The van der Waals surface area contributed by atoms with Crippen LogP contribution in [0.15, 0.2) is 23.3 Å². The fraction of sp³-hybridized carbons (Fsp3) is 0.143. The summed E-state index contributed by atoms with van der Waals surface area (Å²) in [6, 6.07) is 0. The average Bonchev–Trinajstić information content (AvgIpc) is 1.99. The second-order valence-electron chi connectivity index (χ2n) is 2.38. The third-order valence-corrected chi connectivity index (χ3v) is 3.21. The number of esters is 1. The van der Waals surface area contributed by atoms with Crippen molar-refractivity contribution in [1.82, 2.24) is 0 Å². The molecule has 0 fully saturated rings. The monoisotopic (exact) mass is 254 g/mol. The summed E-state index contributed by atoms with van der Waals surface area (Å²) in [7, 11) is -5.82. The Morgan fingerprint density at radius 1 is 1.47 bits per heavy atom. The highest BCUT2D eigenvalue weighted by Gasteiger charge is 2.21. The molecule has 0 saturated carbocycles. The van der Waals surface area contributed by atoms with E-state index < -0.39 is 27.0 Å². The molecule has 0 aliphatic carbocycles. The number of halogens is 1. The molecule has 8 heteroatoms. The van der Waals surface area contributed by atoms with Gasteiger partial charge in [-0.1, -0.05) is 0 Å². The Balaban J connectivity index is 2.70. The predicted molar refractivity (Wildman–Crippen MR) is 43.7 cm³/mol. The zero-order chi connectivity index (χ0) is 11.5. The van der Waals surface area contributed by atoms with E-state index in [0.717, 1.165) is 0 Å². The van der Waals surface area contributed by atoms with Gasteiger partial charge in [-0.05, 0) is 12.2 Å². The van der Waals surface area contributed by atoms with Crippen molar-refractivity contribution in [2.45, 2.75) is 6.92 Å². The third kappa shape index (κ3) is 5.07. The lowest BCUT2D eigenvalue weighted by Gasteiger charge is -2.13. The first-order valence-electron chi connectivity index (χ1n) is 3.61. The second-order valence-corrected chi connectivity index (χ2v) is 4.80. The molecule has 0 N–H and O–H groups in total. The SMILES string of the molecule is CC(=O)OC1=CC=CS(O[Cl+3]([O-])([O-])[O-])=C1. The number of hydrogen-bond donors (Lipinski definition) is 0. The van der Waals surface area contributed by atoms with Crippen LogP contribution in [0.25, 0.3) is 0 Å². The summed E-state index contributed by atoms with van der Waals surface area (Å²) >= 11 is 0. The highest BCUT2D eigenvalue weighted by Crippen LogP contribution is 2.24. The zero-order valence-corrected chi connectivity index (χ0v) is 9.12. The van der Waals surface area contributed by atoms with Gasteiger partial charge in [0.2, 0.25) is 0 Å². The standard InChI is InChI=1S/C7H7ClO6S/c1-6(9)13-7-3-2-4-15(5-7)14-8(10,11)12/h2-5H,1H3. The van der Waals surface area contributed by atoms with Crippen LogP contribution in [0, 0.1) is 10.2 Å². The number of carbonyl (C=O) groups is 1. The first-order chi connectivity index (χ1) is 6.87. The van der Waals surface area contributed by atoms with Crippen LogP contribution in [-0.2, 0) is 13.3 Å². The number of allylic oxidation sites excluding steroid dienone is 3. The zero-order valence-electron chi connectivity index (χ0n) is 7.55. The van der Waals surface area contributed by atoms with E-state index in [9.17, 15) is 18.8 Å². The molecule has 1 aliphatic heterocycles. The molecular weight excluding hydrogens is 248 g/mol. The maximum absolute atomic E-state index is 10.6. The van der Waals surface area contributed by atoms with E-state index in [1.165, 1.54) is 29.9 Å². The van der Waals surface area contributed by atoms with Crippen LogP contribution < -0.4 is 14.0 Å². The molecule has 1 atom stereocenters. The van der Waals surface area contributed by atoms with Gasteiger partial charge in [0.1, 0.15) is 20.3 Å². The van der Waals surface area contributed by atoms with Gasteiger partial charge in [-0.3, -0.25) is 4.79 Å². The van der Waals surface area contributed by atoms with E-state index in [-0.39, 0.29) is 5.76 Å². The lowest BCUT2D eigenvalue weighted by atomic mass is 10.4. The average molecular weight is 255 g/mol. The molecule has 0 spiro atoms. The van der Waals surface area contributed by atoms with Crippen LogP contribution in [0.2, 0.25) is 0 Å². The van der Waals surface area contributed by atoms with Crippen LogP contribution in [0.1, 0.15) is 6.92 Å². The fourth-order valence-corrected chi connectivity index (χ4v) is 2.45. The Hall–Kier alpha value is -0.700. The molecule has 0 aromatic rings. The fourth-order valence-electron chi connectivity index (χ4n) is 0.757. The Kier molecular flexibility index (Phi) is 4.03. The van der Waals surface area contributed by atoms with Crippen molar-refractivity contribution >= 4 is 22.1 Å². The third-order valence-electron chi connectivity index (χ3n) is 1.12.